The molecule has 3 aromatic carbocycles. The summed E-state index contributed by atoms with van der Waals surface area (Å²) < 4.78 is 5.60. The Morgan fingerprint density at radius 2 is 1.68 bits per heavy atom. The summed E-state index contributed by atoms with van der Waals surface area (Å²) in [6, 6.07) is 21.2. The molecule has 0 saturated heterocycles. The van der Waals surface area contributed by atoms with E-state index < -0.39 is 0 Å². The lowest BCUT2D eigenvalue weighted by Crippen LogP contribution is -2.19. The molecule has 1 aliphatic heterocycles. The SMILES string of the molecule is COc1ccccc1[C@H]1CC(c2ccc(Cl)cc2)=NN1c1ccc(Cl)c(Cl)c1. The fourth-order valence-corrected chi connectivity index (χ4v) is 3.79. The molecule has 142 valence electrons. The van der Waals surface area contributed by atoms with Crippen LogP contribution in [0.1, 0.15) is 23.6 Å². The number of benzene rings is 3. The van der Waals surface area contributed by atoms with Crippen molar-refractivity contribution in [1.29, 1.82) is 0 Å². The van der Waals surface area contributed by atoms with Crippen LogP contribution in [-0.2, 0) is 0 Å². The molecule has 3 nitrogen and oxygen atoms in total. The summed E-state index contributed by atoms with van der Waals surface area (Å²) in [5, 5.41) is 8.59. The van der Waals surface area contributed by atoms with E-state index in [9.17, 15) is 0 Å². The minimum absolute atomic E-state index is 0.0286. The maximum absolute atomic E-state index is 6.27. The van der Waals surface area contributed by atoms with E-state index in [-0.39, 0.29) is 6.04 Å². The first kappa shape index (κ1) is 19.1. The normalized spacial score (nSPS) is 16.2. The van der Waals surface area contributed by atoms with E-state index in [1.165, 1.54) is 0 Å². The zero-order valence-corrected chi connectivity index (χ0v) is 17.3. The van der Waals surface area contributed by atoms with Crippen LogP contribution in [0, 0.1) is 0 Å². The quantitative estimate of drug-likeness (QED) is 0.444. The number of rotatable bonds is 4. The number of hydrogen-bond acceptors (Lipinski definition) is 3. The summed E-state index contributed by atoms with van der Waals surface area (Å²) >= 11 is 18.4. The highest BCUT2D eigenvalue weighted by molar-refractivity contribution is 6.42. The second-order valence-corrected chi connectivity index (χ2v) is 7.71. The second kappa shape index (κ2) is 8.04. The molecule has 0 fully saturated rings. The largest absolute Gasteiger partial charge is 0.496 e. The molecule has 3 aromatic rings. The molecule has 4 rings (SSSR count). The summed E-state index contributed by atoms with van der Waals surface area (Å²) in [6.07, 6.45) is 0.724. The van der Waals surface area contributed by atoms with Crippen LogP contribution in [0.2, 0.25) is 15.1 Å². The average molecular weight is 432 g/mol. The summed E-state index contributed by atoms with van der Waals surface area (Å²) in [6.45, 7) is 0. The van der Waals surface area contributed by atoms with Crippen molar-refractivity contribution in [2.45, 2.75) is 12.5 Å². The minimum atomic E-state index is -0.0286. The van der Waals surface area contributed by atoms with Gasteiger partial charge >= 0.3 is 0 Å². The third kappa shape index (κ3) is 3.70. The van der Waals surface area contributed by atoms with Gasteiger partial charge in [-0.15, -0.1) is 0 Å². The van der Waals surface area contributed by atoms with Gasteiger partial charge in [-0.1, -0.05) is 65.1 Å². The molecule has 1 atom stereocenters. The molecule has 0 unspecified atom stereocenters. The van der Waals surface area contributed by atoms with Gasteiger partial charge in [-0.3, -0.25) is 5.01 Å². The van der Waals surface area contributed by atoms with Gasteiger partial charge in [-0.25, -0.2) is 0 Å². The number of para-hydroxylation sites is 1. The van der Waals surface area contributed by atoms with Crippen LogP contribution >= 0.6 is 34.8 Å². The third-order valence-electron chi connectivity index (χ3n) is 4.75. The van der Waals surface area contributed by atoms with Crippen molar-refractivity contribution < 1.29 is 4.74 Å². The van der Waals surface area contributed by atoms with Crippen LogP contribution < -0.4 is 9.75 Å². The predicted molar refractivity (Wildman–Crippen MR) is 117 cm³/mol. The Hall–Kier alpha value is -2.20. The van der Waals surface area contributed by atoms with E-state index in [2.05, 4.69) is 6.07 Å². The molecule has 6 heteroatoms. The molecule has 0 spiro atoms. The standard InChI is InChI=1S/C22H17Cl3N2O/c1-28-22-5-3-2-4-17(22)21-13-20(14-6-8-15(23)9-7-14)26-27(21)16-10-11-18(24)19(25)12-16/h2-12,21H,13H2,1H3/t21-/m1/s1. The highest BCUT2D eigenvalue weighted by Gasteiger charge is 2.32. The van der Waals surface area contributed by atoms with Gasteiger partial charge in [-0.2, -0.15) is 5.10 Å². The van der Waals surface area contributed by atoms with Crippen LogP contribution in [0.15, 0.2) is 71.8 Å². The smallest absolute Gasteiger partial charge is 0.124 e. The van der Waals surface area contributed by atoms with Crippen molar-refractivity contribution in [2.24, 2.45) is 5.10 Å². The molecule has 1 aliphatic rings. The van der Waals surface area contributed by atoms with Crippen molar-refractivity contribution in [3.8, 4) is 5.75 Å². The van der Waals surface area contributed by atoms with E-state index in [1.807, 2.05) is 59.6 Å². The third-order valence-corrected chi connectivity index (χ3v) is 5.74. The van der Waals surface area contributed by atoms with Gasteiger partial charge in [0.05, 0.1) is 34.6 Å². The maximum atomic E-state index is 6.27. The zero-order valence-electron chi connectivity index (χ0n) is 15.1. The number of methoxy groups -OCH3 is 1. The van der Waals surface area contributed by atoms with Gasteiger partial charge in [0, 0.05) is 17.0 Å². The van der Waals surface area contributed by atoms with Gasteiger partial charge in [0.15, 0.2) is 0 Å². The number of halogens is 3. The van der Waals surface area contributed by atoms with E-state index in [4.69, 9.17) is 44.6 Å². The highest BCUT2D eigenvalue weighted by Crippen LogP contribution is 2.41. The van der Waals surface area contributed by atoms with Crippen LogP contribution in [0.3, 0.4) is 0 Å². The van der Waals surface area contributed by atoms with E-state index in [0.29, 0.717) is 15.1 Å². The van der Waals surface area contributed by atoms with Crippen molar-refractivity contribution in [2.75, 3.05) is 12.1 Å². The van der Waals surface area contributed by atoms with Gasteiger partial charge in [0.25, 0.3) is 0 Å². The van der Waals surface area contributed by atoms with Crippen molar-refractivity contribution in [3.63, 3.8) is 0 Å². The Bertz CT molecular complexity index is 1030. The Morgan fingerprint density at radius 3 is 2.39 bits per heavy atom. The monoisotopic (exact) mass is 430 g/mol. The number of ether oxygens (including phenoxy) is 1. The lowest BCUT2D eigenvalue weighted by atomic mass is 9.97. The Balaban J connectivity index is 1.80. The maximum Gasteiger partial charge on any atom is 0.124 e. The minimum Gasteiger partial charge on any atom is -0.496 e. The Kier molecular flexibility index (Phi) is 5.49. The van der Waals surface area contributed by atoms with Crippen molar-refractivity contribution in [3.05, 3.63) is 92.9 Å². The Labute approximate surface area is 179 Å². The molecule has 0 aromatic heterocycles. The van der Waals surface area contributed by atoms with Gasteiger partial charge in [-0.05, 0) is 42.0 Å². The average Bonchev–Trinajstić information content (AvgIpc) is 3.15. The molecule has 0 bridgehead atoms. The number of anilines is 1. The Morgan fingerprint density at radius 1 is 0.929 bits per heavy atom. The molecule has 0 radical (unpaired) electrons. The van der Waals surface area contributed by atoms with Crippen molar-refractivity contribution in [1.82, 2.24) is 0 Å². The van der Waals surface area contributed by atoms with E-state index >= 15 is 0 Å². The number of hydrogen-bond donors (Lipinski definition) is 0. The van der Waals surface area contributed by atoms with Gasteiger partial charge < -0.3 is 4.74 Å². The summed E-state index contributed by atoms with van der Waals surface area (Å²) in [5.74, 6) is 0.824. The molecule has 1 heterocycles. The first-order valence-electron chi connectivity index (χ1n) is 8.77. The van der Waals surface area contributed by atoms with E-state index in [1.54, 1.807) is 13.2 Å². The lowest BCUT2D eigenvalue weighted by molar-refractivity contribution is 0.405. The summed E-state index contributed by atoms with van der Waals surface area (Å²) in [5.41, 5.74) is 3.93. The fraction of sp³-hybridized carbons (Fsp3) is 0.136. The van der Waals surface area contributed by atoms with Crippen LogP contribution in [0.25, 0.3) is 0 Å². The molecule has 0 N–H and O–H groups in total. The first-order valence-corrected chi connectivity index (χ1v) is 9.91. The van der Waals surface area contributed by atoms with Crippen LogP contribution in [-0.4, -0.2) is 12.8 Å². The lowest BCUT2D eigenvalue weighted by Gasteiger charge is -2.25. The summed E-state index contributed by atoms with van der Waals surface area (Å²) in [4.78, 5) is 0. The zero-order chi connectivity index (χ0) is 19.7. The van der Waals surface area contributed by atoms with Gasteiger partial charge in [0.1, 0.15) is 5.75 Å². The predicted octanol–water partition coefficient (Wildman–Crippen LogP) is 7.01. The molecule has 0 aliphatic carbocycles. The van der Waals surface area contributed by atoms with Crippen molar-refractivity contribution >= 4 is 46.2 Å². The topological polar surface area (TPSA) is 24.8 Å². The fourth-order valence-electron chi connectivity index (χ4n) is 3.38. The highest BCUT2D eigenvalue weighted by atomic mass is 35.5. The number of hydrazone groups is 1. The molecule has 28 heavy (non-hydrogen) atoms. The molecule has 0 amide bonds. The first-order chi connectivity index (χ1) is 13.6. The molecule has 0 saturated carbocycles. The van der Waals surface area contributed by atoms with Crippen LogP contribution in [0.4, 0.5) is 5.69 Å². The molecular formula is C22H17Cl3N2O. The van der Waals surface area contributed by atoms with Crippen LogP contribution in [0.5, 0.6) is 5.75 Å². The number of nitrogens with zero attached hydrogens (tertiary/aromatic N) is 2. The second-order valence-electron chi connectivity index (χ2n) is 6.46. The van der Waals surface area contributed by atoms with Gasteiger partial charge in [0.2, 0.25) is 0 Å². The molecular weight excluding hydrogens is 415 g/mol. The summed E-state index contributed by atoms with van der Waals surface area (Å²) in [7, 11) is 1.68. The van der Waals surface area contributed by atoms with E-state index in [0.717, 1.165) is 34.7 Å².